The van der Waals surface area contributed by atoms with Gasteiger partial charge in [-0.05, 0) is 38.2 Å². The number of aromatic nitrogens is 2. The molecule has 2 N–H and O–H groups in total. The molecule has 3 amide bonds. The lowest BCUT2D eigenvalue weighted by Gasteiger charge is -2.24. The summed E-state index contributed by atoms with van der Waals surface area (Å²) in [6.07, 6.45) is 4.11. The van der Waals surface area contributed by atoms with Crippen LogP contribution in [0.15, 0.2) is 46.4 Å². The van der Waals surface area contributed by atoms with Crippen LogP contribution in [0.1, 0.15) is 36.9 Å². The molecule has 31 heavy (non-hydrogen) atoms. The van der Waals surface area contributed by atoms with Gasteiger partial charge in [0, 0.05) is 18.3 Å². The minimum atomic E-state index is -0.819. The van der Waals surface area contributed by atoms with Crippen LogP contribution >= 0.6 is 0 Å². The molecule has 160 valence electrons. The molecule has 4 rings (SSSR count). The first-order valence-electron chi connectivity index (χ1n) is 10.4. The summed E-state index contributed by atoms with van der Waals surface area (Å²) in [5.41, 5.74) is 2.48. The van der Waals surface area contributed by atoms with E-state index in [-0.39, 0.29) is 23.6 Å². The molecule has 1 aliphatic carbocycles. The lowest BCUT2D eigenvalue weighted by Crippen LogP contribution is -2.37. The number of anilines is 1. The van der Waals surface area contributed by atoms with Crippen LogP contribution in [0.25, 0.3) is 0 Å². The smallest absolute Gasteiger partial charge is 0.314 e. The summed E-state index contributed by atoms with van der Waals surface area (Å²) in [6.45, 7) is 2.08. The molecule has 9 nitrogen and oxygen atoms in total. The number of amides is 3. The van der Waals surface area contributed by atoms with Crippen LogP contribution in [-0.2, 0) is 20.8 Å². The van der Waals surface area contributed by atoms with Crippen LogP contribution in [-0.4, -0.2) is 45.7 Å². The van der Waals surface area contributed by atoms with Crippen LogP contribution in [0.5, 0.6) is 0 Å². The van der Waals surface area contributed by atoms with Crippen LogP contribution in [0.4, 0.5) is 5.82 Å². The van der Waals surface area contributed by atoms with Crippen molar-refractivity contribution in [3.63, 3.8) is 0 Å². The van der Waals surface area contributed by atoms with Gasteiger partial charge in [-0.25, -0.2) is 4.99 Å². The molecule has 1 aromatic heterocycles. The van der Waals surface area contributed by atoms with Gasteiger partial charge in [0.2, 0.25) is 0 Å². The fourth-order valence-corrected chi connectivity index (χ4v) is 3.78. The molecule has 2 aliphatic rings. The molecule has 1 saturated carbocycles. The molecule has 1 aromatic carbocycles. The van der Waals surface area contributed by atoms with Crippen LogP contribution in [0, 0.1) is 12.8 Å². The van der Waals surface area contributed by atoms with Gasteiger partial charge in [-0.3, -0.25) is 14.4 Å². The predicted molar refractivity (Wildman–Crippen MR) is 116 cm³/mol. The fourth-order valence-electron chi connectivity index (χ4n) is 3.78. The van der Waals surface area contributed by atoms with Gasteiger partial charge >= 0.3 is 11.8 Å². The molecule has 0 saturated heterocycles. The van der Waals surface area contributed by atoms with E-state index in [9.17, 15) is 14.4 Å². The van der Waals surface area contributed by atoms with E-state index in [2.05, 4.69) is 25.7 Å². The fraction of sp³-hybridized carbons (Fsp3) is 0.364. The minimum absolute atomic E-state index is 0.117. The Bertz CT molecular complexity index is 1070. The van der Waals surface area contributed by atoms with Gasteiger partial charge < -0.3 is 10.6 Å². The van der Waals surface area contributed by atoms with Crippen molar-refractivity contribution in [1.82, 2.24) is 15.1 Å². The quantitative estimate of drug-likeness (QED) is 0.734. The van der Waals surface area contributed by atoms with E-state index < -0.39 is 11.8 Å². The number of hydrogen-bond donors (Lipinski definition) is 2. The topological polar surface area (TPSA) is 118 Å². The largest absolute Gasteiger partial charge is 0.347 e. The molecule has 1 fully saturated rings. The summed E-state index contributed by atoms with van der Waals surface area (Å²) >= 11 is 0. The standard InChI is InChI=1S/C22H24N6O3/c1-14-13-18(25-21(31)20(30)23-12-11-15-7-3-2-4-8-15)28(27-14)22-24-17-10-6-5-9-16(17)19(29)26-22/h2-4,7-8,13,16H,5-6,9-12H2,1H3,(H,23,30)(H,25,31). The zero-order valence-corrected chi connectivity index (χ0v) is 17.3. The second-order valence-corrected chi connectivity index (χ2v) is 7.68. The third kappa shape index (κ3) is 4.76. The van der Waals surface area contributed by atoms with Gasteiger partial charge in [-0.1, -0.05) is 36.8 Å². The van der Waals surface area contributed by atoms with Crippen molar-refractivity contribution >= 4 is 35.2 Å². The van der Waals surface area contributed by atoms with Crippen molar-refractivity contribution < 1.29 is 14.4 Å². The molecular weight excluding hydrogens is 396 g/mol. The number of nitrogens with zero attached hydrogens (tertiary/aromatic N) is 4. The Hall–Kier alpha value is -3.62. The highest BCUT2D eigenvalue weighted by Crippen LogP contribution is 2.26. The first kappa shape index (κ1) is 20.6. The molecule has 0 spiro atoms. The number of carbonyl (C=O) groups excluding carboxylic acids is 3. The predicted octanol–water partition coefficient (Wildman–Crippen LogP) is 1.86. The average Bonchev–Trinajstić information content (AvgIpc) is 3.14. The van der Waals surface area contributed by atoms with E-state index in [0.717, 1.165) is 37.0 Å². The Balaban J connectivity index is 1.42. The lowest BCUT2D eigenvalue weighted by atomic mass is 9.86. The summed E-state index contributed by atoms with van der Waals surface area (Å²) in [5, 5.41) is 9.46. The summed E-state index contributed by atoms with van der Waals surface area (Å²) in [4.78, 5) is 45.6. The van der Waals surface area contributed by atoms with Crippen molar-refractivity contribution in [2.24, 2.45) is 15.9 Å². The van der Waals surface area contributed by atoms with Crippen molar-refractivity contribution in [2.45, 2.75) is 39.0 Å². The van der Waals surface area contributed by atoms with Crippen molar-refractivity contribution in [1.29, 1.82) is 0 Å². The Kier molecular flexibility index (Phi) is 6.01. The zero-order valence-electron chi connectivity index (χ0n) is 17.3. The maximum absolute atomic E-state index is 12.4. The van der Waals surface area contributed by atoms with Gasteiger partial charge in [0.25, 0.3) is 11.9 Å². The highest BCUT2D eigenvalue weighted by atomic mass is 16.2. The zero-order chi connectivity index (χ0) is 21.8. The molecule has 0 bridgehead atoms. The van der Waals surface area contributed by atoms with E-state index in [1.165, 1.54) is 4.68 Å². The highest BCUT2D eigenvalue weighted by molar-refractivity contribution is 6.39. The van der Waals surface area contributed by atoms with E-state index in [0.29, 0.717) is 18.7 Å². The van der Waals surface area contributed by atoms with Crippen molar-refractivity contribution in [2.75, 3.05) is 11.9 Å². The van der Waals surface area contributed by atoms with E-state index in [1.807, 2.05) is 30.3 Å². The third-order valence-corrected chi connectivity index (χ3v) is 5.34. The Morgan fingerprint density at radius 2 is 1.94 bits per heavy atom. The van der Waals surface area contributed by atoms with Gasteiger partial charge in [0.1, 0.15) is 5.82 Å². The summed E-state index contributed by atoms with van der Waals surface area (Å²) in [5.74, 6) is -1.69. The summed E-state index contributed by atoms with van der Waals surface area (Å²) in [7, 11) is 0. The monoisotopic (exact) mass is 420 g/mol. The van der Waals surface area contributed by atoms with Crippen LogP contribution in [0.2, 0.25) is 0 Å². The number of rotatable bonds is 4. The Morgan fingerprint density at radius 3 is 2.74 bits per heavy atom. The molecular formula is C22H24N6O3. The van der Waals surface area contributed by atoms with E-state index >= 15 is 0 Å². The molecule has 0 radical (unpaired) electrons. The third-order valence-electron chi connectivity index (χ3n) is 5.34. The molecule has 2 heterocycles. The van der Waals surface area contributed by atoms with Crippen molar-refractivity contribution in [3.05, 3.63) is 47.7 Å². The number of carbonyl (C=O) groups is 3. The Morgan fingerprint density at radius 1 is 1.13 bits per heavy atom. The number of benzene rings is 1. The number of nitrogens with one attached hydrogen (secondary N) is 2. The van der Waals surface area contributed by atoms with E-state index in [1.54, 1.807) is 13.0 Å². The lowest BCUT2D eigenvalue weighted by molar-refractivity contribution is -0.136. The second kappa shape index (κ2) is 9.03. The van der Waals surface area contributed by atoms with Gasteiger partial charge in [0.05, 0.1) is 11.6 Å². The normalized spacial score (nSPS) is 18.0. The first-order valence-corrected chi connectivity index (χ1v) is 10.4. The summed E-state index contributed by atoms with van der Waals surface area (Å²) in [6, 6.07) is 11.3. The maximum atomic E-state index is 12.4. The van der Waals surface area contributed by atoms with Crippen LogP contribution in [0.3, 0.4) is 0 Å². The number of hydrogen-bond acceptors (Lipinski definition) is 5. The van der Waals surface area contributed by atoms with E-state index in [4.69, 9.17) is 0 Å². The highest BCUT2D eigenvalue weighted by Gasteiger charge is 2.32. The molecule has 2 aromatic rings. The Labute approximate surface area is 179 Å². The van der Waals surface area contributed by atoms with Gasteiger partial charge in [-0.2, -0.15) is 14.8 Å². The number of fused-ring (bicyclic) bond motifs is 1. The van der Waals surface area contributed by atoms with Gasteiger partial charge in [-0.15, -0.1) is 0 Å². The average molecular weight is 420 g/mol. The second-order valence-electron chi connectivity index (χ2n) is 7.68. The maximum Gasteiger partial charge on any atom is 0.314 e. The minimum Gasteiger partial charge on any atom is -0.347 e. The number of aliphatic imine (C=N–C) groups is 2. The van der Waals surface area contributed by atoms with Crippen LogP contribution < -0.4 is 10.6 Å². The van der Waals surface area contributed by atoms with Gasteiger partial charge in [0.15, 0.2) is 0 Å². The number of aryl methyl sites for hydroxylation is 1. The molecule has 9 heteroatoms. The SMILES string of the molecule is Cc1cc(NC(=O)C(=O)NCCc2ccccc2)n(C2=NC(=O)C3CCCCC3=N2)n1. The van der Waals surface area contributed by atoms with Crippen molar-refractivity contribution in [3.8, 4) is 0 Å². The summed E-state index contributed by atoms with van der Waals surface area (Å²) < 4.78 is 1.31. The molecule has 1 unspecified atom stereocenters. The first-order chi connectivity index (χ1) is 15.0. The molecule has 1 aliphatic heterocycles. The molecule has 1 atom stereocenters.